The van der Waals surface area contributed by atoms with Crippen molar-refractivity contribution in [3.05, 3.63) is 59.7 Å². The molecule has 2 aromatic carbocycles. The first-order valence-corrected chi connectivity index (χ1v) is 13.5. The van der Waals surface area contributed by atoms with Crippen LogP contribution in [0.2, 0.25) is 0 Å². The average molecular weight is 508 g/mol. The van der Waals surface area contributed by atoms with Gasteiger partial charge in [-0.15, -0.1) is 0 Å². The number of halogens is 3. The van der Waals surface area contributed by atoms with Gasteiger partial charge in [0, 0.05) is 18.4 Å². The summed E-state index contributed by atoms with van der Waals surface area (Å²) in [6.07, 6.45) is -5.16. The molecule has 1 aliphatic rings. The highest BCUT2D eigenvalue weighted by atomic mass is 32.2. The molecule has 0 bridgehead atoms. The number of benzene rings is 2. The Morgan fingerprint density at radius 2 is 1.79 bits per heavy atom. The number of rotatable bonds is 10. The number of ether oxygens (including phenoxy) is 1. The molecule has 1 N–H and O–H groups in total. The van der Waals surface area contributed by atoms with E-state index in [4.69, 9.17) is 8.92 Å². The van der Waals surface area contributed by atoms with Crippen molar-refractivity contribution >= 4 is 25.8 Å². The quantitative estimate of drug-likeness (QED) is 0.488. The summed E-state index contributed by atoms with van der Waals surface area (Å²) in [5.74, 6) is -0.644. The first-order chi connectivity index (χ1) is 15.3. The number of anilines is 1. The van der Waals surface area contributed by atoms with Crippen LogP contribution < -0.4 is 9.46 Å². The minimum absolute atomic E-state index is 0.0797. The second-order valence-electron chi connectivity index (χ2n) is 7.86. The van der Waals surface area contributed by atoms with E-state index in [1.165, 1.54) is 12.1 Å². The van der Waals surface area contributed by atoms with Crippen LogP contribution in [-0.2, 0) is 30.7 Å². The fourth-order valence-corrected chi connectivity index (χ4v) is 5.17. The first kappa shape index (κ1) is 25.3. The molecular weight excluding hydrogens is 483 g/mol. The Kier molecular flexibility index (Phi) is 7.59. The van der Waals surface area contributed by atoms with Crippen LogP contribution in [-0.4, -0.2) is 41.6 Å². The third-order valence-electron chi connectivity index (χ3n) is 5.01. The Morgan fingerprint density at radius 1 is 1.06 bits per heavy atom. The number of sulfonamides is 1. The predicted octanol–water partition coefficient (Wildman–Crippen LogP) is 4.04. The van der Waals surface area contributed by atoms with Crippen molar-refractivity contribution in [2.75, 3.05) is 23.3 Å². The minimum atomic E-state index is -4.42. The SMILES string of the molecule is CS(=O)(=O)OCC1Cc2ccccc2C1Oc1cccc(NS(=O)(=O)CCCC(F)(F)F)c1. The molecule has 0 radical (unpaired) electrons. The van der Waals surface area contributed by atoms with Gasteiger partial charge in [-0.2, -0.15) is 21.6 Å². The molecule has 7 nitrogen and oxygen atoms in total. The lowest BCUT2D eigenvalue weighted by molar-refractivity contribution is -0.134. The molecule has 33 heavy (non-hydrogen) atoms. The van der Waals surface area contributed by atoms with Crippen molar-refractivity contribution in [3.63, 3.8) is 0 Å². The van der Waals surface area contributed by atoms with Gasteiger partial charge in [0.2, 0.25) is 10.0 Å². The fraction of sp³-hybridized carbons (Fsp3) is 0.429. The minimum Gasteiger partial charge on any atom is -0.485 e. The lowest BCUT2D eigenvalue weighted by Crippen LogP contribution is -2.21. The monoisotopic (exact) mass is 507 g/mol. The van der Waals surface area contributed by atoms with Crippen LogP contribution >= 0.6 is 0 Å². The maximum absolute atomic E-state index is 12.3. The van der Waals surface area contributed by atoms with E-state index in [1.807, 2.05) is 24.3 Å². The molecule has 0 saturated carbocycles. The summed E-state index contributed by atoms with van der Waals surface area (Å²) in [7, 11) is -7.62. The van der Waals surface area contributed by atoms with Gasteiger partial charge in [0.15, 0.2) is 0 Å². The maximum atomic E-state index is 12.3. The molecule has 0 fully saturated rings. The highest BCUT2D eigenvalue weighted by Crippen LogP contribution is 2.40. The summed E-state index contributed by atoms with van der Waals surface area (Å²) in [4.78, 5) is 0. The molecule has 2 unspecified atom stereocenters. The van der Waals surface area contributed by atoms with Crippen LogP contribution in [0.15, 0.2) is 48.5 Å². The van der Waals surface area contributed by atoms with E-state index in [0.717, 1.165) is 17.4 Å². The highest BCUT2D eigenvalue weighted by molar-refractivity contribution is 7.92. The van der Waals surface area contributed by atoms with Gasteiger partial charge in [-0.3, -0.25) is 8.91 Å². The van der Waals surface area contributed by atoms with Gasteiger partial charge in [-0.25, -0.2) is 8.42 Å². The second-order valence-corrected chi connectivity index (χ2v) is 11.3. The van der Waals surface area contributed by atoms with E-state index >= 15 is 0 Å². The largest absolute Gasteiger partial charge is 0.485 e. The standard InChI is InChI=1S/C21H24F3NO6S2/c1-32(26,27)30-14-16-12-15-6-2-3-9-19(15)20(16)31-18-8-4-7-17(13-18)25-33(28,29)11-5-10-21(22,23)24/h2-4,6-9,13,16,20,25H,5,10-12,14H2,1H3. The molecule has 1 aliphatic carbocycles. The molecule has 0 amide bonds. The van der Waals surface area contributed by atoms with Gasteiger partial charge >= 0.3 is 6.18 Å². The molecule has 3 rings (SSSR count). The summed E-state index contributed by atoms with van der Waals surface area (Å²) < 4.78 is 97.4. The Labute approximate surface area is 191 Å². The molecule has 12 heteroatoms. The predicted molar refractivity (Wildman–Crippen MR) is 117 cm³/mol. The Hall–Kier alpha value is -2.31. The van der Waals surface area contributed by atoms with Crippen LogP contribution in [0.4, 0.5) is 18.9 Å². The zero-order valence-electron chi connectivity index (χ0n) is 17.7. The highest BCUT2D eigenvalue weighted by Gasteiger charge is 2.35. The van der Waals surface area contributed by atoms with Crippen LogP contribution in [0.25, 0.3) is 0 Å². The third kappa shape index (κ3) is 7.90. The zero-order valence-corrected chi connectivity index (χ0v) is 19.3. The van der Waals surface area contributed by atoms with Crippen molar-refractivity contribution in [2.24, 2.45) is 5.92 Å². The molecule has 0 aromatic heterocycles. The summed E-state index contributed by atoms with van der Waals surface area (Å²) >= 11 is 0. The third-order valence-corrected chi connectivity index (χ3v) is 6.95. The number of nitrogens with one attached hydrogen (secondary N) is 1. The fourth-order valence-electron chi connectivity index (χ4n) is 3.63. The molecular formula is C21H24F3NO6S2. The molecule has 0 saturated heterocycles. The van der Waals surface area contributed by atoms with Crippen LogP contribution in [0.3, 0.4) is 0 Å². The van der Waals surface area contributed by atoms with E-state index in [0.29, 0.717) is 12.2 Å². The van der Waals surface area contributed by atoms with E-state index in [2.05, 4.69) is 4.72 Å². The lowest BCUT2D eigenvalue weighted by Gasteiger charge is -2.22. The number of alkyl halides is 3. The Balaban J connectivity index is 1.72. The lowest BCUT2D eigenvalue weighted by atomic mass is 10.0. The van der Waals surface area contributed by atoms with Gasteiger partial charge in [0.25, 0.3) is 10.1 Å². The van der Waals surface area contributed by atoms with Crippen LogP contribution in [0, 0.1) is 5.92 Å². The van der Waals surface area contributed by atoms with Crippen molar-refractivity contribution < 1.29 is 38.9 Å². The number of fused-ring (bicyclic) bond motifs is 1. The zero-order chi connectivity index (χ0) is 24.3. The first-order valence-electron chi connectivity index (χ1n) is 10.1. The van der Waals surface area contributed by atoms with Crippen molar-refractivity contribution in [1.29, 1.82) is 0 Å². The Morgan fingerprint density at radius 3 is 2.48 bits per heavy atom. The maximum Gasteiger partial charge on any atom is 0.389 e. The molecule has 0 aliphatic heterocycles. The van der Waals surface area contributed by atoms with Crippen molar-refractivity contribution in [1.82, 2.24) is 0 Å². The van der Waals surface area contributed by atoms with E-state index in [9.17, 15) is 30.0 Å². The van der Waals surface area contributed by atoms with E-state index in [-0.39, 0.29) is 18.2 Å². The topological polar surface area (TPSA) is 98.8 Å². The molecule has 2 atom stereocenters. The van der Waals surface area contributed by atoms with Gasteiger partial charge in [-0.1, -0.05) is 30.3 Å². The van der Waals surface area contributed by atoms with Gasteiger partial charge in [0.1, 0.15) is 11.9 Å². The smallest absolute Gasteiger partial charge is 0.389 e. The van der Waals surface area contributed by atoms with Gasteiger partial charge < -0.3 is 4.74 Å². The molecule has 0 spiro atoms. The number of hydrogen-bond donors (Lipinski definition) is 1. The summed E-state index contributed by atoms with van der Waals surface area (Å²) in [6, 6.07) is 13.5. The average Bonchev–Trinajstić information content (AvgIpc) is 3.02. The molecule has 0 heterocycles. The Bertz CT molecular complexity index is 1180. The summed E-state index contributed by atoms with van der Waals surface area (Å²) in [6.45, 7) is -0.0797. The van der Waals surface area contributed by atoms with Gasteiger partial charge in [0.05, 0.1) is 24.3 Å². The summed E-state index contributed by atoms with van der Waals surface area (Å²) in [5.41, 5.74) is 2.01. The van der Waals surface area contributed by atoms with E-state index < -0.39 is 51.0 Å². The van der Waals surface area contributed by atoms with Crippen LogP contribution in [0.1, 0.15) is 30.1 Å². The molecule has 2 aromatic rings. The summed E-state index contributed by atoms with van der Waals surface area (Å²) in [5, 5.41) is 0. The van der Waals surface area contributed by atoms with Crippen LogP contribution in [0.5, 0.6) is 5.75 Å². The number of hydrogen-bond acceptors (Lipinski definition) is 6. The van der Waals surface area contributed by atoms with E-state index in [1.54, 1.807) is 12.1 Å². The second kappa shape index (κ2) is 9.90. The van der Waals surface area contributed by atoms with Gasteiger partial charge in [-0.05, 0) is 36.1 Å². The molecule has 182 valence electrons. The van der Waals surface area contributed by atoms with Crippen molar-refractivity contribution in [3.8, 4) is 5.75 Å². The van der Waals surface area contributed by atoms with Crippen molar-refractivity contribution in [2.45, 2.75) is 31.5 Å². The normalized spacial score (nSPS) is 18.7.